The number of hydrogen-bond donors (Lipinski definition) is 1. The van der Waals surface area contributed by atoms with Gasteiger partial charge in [-0.2, -0.15) is 5.26 Å². The lowest BCUT2D eigenvalue weighted by Crippen LogP contribution is -2.27. The maximum absolute atomic E-state index is 12.8. The van der Waals surface area contributed by atoms with Gasteiger partial charge in [0.25, 0.3) is 0 Å². The highest BCUT2D eigenvalue weighted by molar-refractivity contribution is 9.10. The lowest BCUT2D eigenvalue weighted by molar-refractivity contribution is -0.116. The first-order chi connectivity index (χ1) is 15.9. The summed E-state index contributed by atoms with van der Waals surface area (Å²) in [5.41, 5.74) is 8.39. The van der Waals surface area contributed by atoms with E-state index in [1.165, 1.54) is 0 Å². The maximum Gasteiger partial charge on any atom is 0.205 e. The van der Waals surface area contributed by atoms with Gasteiger partial charge in [0.2, 0.25) is 5.88 Å². The smallest absolute Gasteiger partial charge is 0.205 e. The van der Waals surface area contributed by atoms with Crippen LogP contribution in [0.3, 0.4) is 0 Å². The molecule has 1 aliphatic carbocycles. The molecular formula is C25H22BrClN2O4. The Morgan fingerprint density at radius 1 is 1.27 bits per heavy atom. The van der Waals surface area contributed by atoms with Gasteiger partial charge in [0.15, 0.2) is 17.3 Å². The van der Waals surface area contributed by atoms with E-state index in [2.05, 4.69) is 22.0 Å². The number of rotatable bonds is 6. The number of nitrogens with zero attached hydrogens (tertiary/aromatic N) is 1. The predicted octanol–water partition coefficient (Wildman–Crippen LogP) is 5.89. The SMILES string of the molecule is CCOc1cc([C@@H]2C(C#N)=C(N)OC3=C2C(=O)CCC3)cc(Br)c1OCc1cccc(Cl)c1. The number of benzene rings is 2. The van der Waals surface area contributed by atoms with Gasteiger partial charge in [-0.1, -0.05) is 23.7 Å². The van der Waals surface area contributed by atoms with Crippen LogP contribution in [0.15, 0.2) is 63.7 Å². The van der Waals surface area contributed by atoms with E-state index in [-0.39, 0.29) is 17.2 Å². The minimum Gasteiger partial charge on any atom is -0.490 e. The number of ether oxygens (including phenoxy) is 3. The molecule has 1 heterocycles. The third-order valence-electron chi connectivity index (χ3n) is 5.54. The maximum atomic E-state index is 12.8. The van der Waals surface area contributed by atoms with Gasteiger partial charge in [0.1, 0.15) is 24.0 Å². The number of nitrogens with two attached hydrogens (primary N) is 1. The molecule has 0 saturated carbocycles. The topological polar surface area (TPSA) is 94.6 Å². The summed E-state index contributed by atoms with van der Waals surface area (Å²) in [6.45, 7) is 2.58. The van der Waals surface area contributed by atoms with E-state index in [1.54, 1.807) is 12.1 Å². The summed E-state index contributed by atoms with van der Waals surface area (Å²) in [5, 5.41) is 10.4. The summed E-state index contributed by atoms with van der Waals surface area (Å²) < 4.78 is 18.2. The lowest BCUT2D eigenvalue weighted by Gasteiger charge is -2.31. The van der Waals surface area contributed by atoms with Gasteiger partial charge in [-0.15, -0.1) is 0 Å². The van der Waals surface area contributed by atoms with Crippen LogP contribution in [0.2, 0.25) is 5.02 Å². The molecule has 0 radical (unpaired) electrons. The van der Waals surface area contributed by atoms with E-state index >= 15 is 0 Å². The standard InChI is InChI=1S/C25H22BrClN2O4/c1-2-31-21-11-15(10-18(26)24(21)32-13-14-5-3-6-16(27)9-14)22-17(12-28)25(29)33-20-8-4-7-19(30)23(20)22/h3,5-6,9-11,22H,2,4,7-8,13,29H2,1H3/t22-/m1/s1. The highest BCUT2D eigenvalue weighted by atomic mass is 79.9. The Bertz CT molecular complexity index is 1220. The average Bonchev–Trinajstić information content (AvgIpc) is 2.78. The molecule has 0 amide bonds. The quantitative estimate of drug-likeness (QED) is 0.501. The molecule has 0 aromatic heterocycles. The van der Waals surface area contributed by atoms with E-state index in [0.717, 1.165) is 5.56 Å². The van der Waals surface area contributed by atoms with Crippen LogP contribution in [0.5, 0.6) is 11.5 Å². The third kappa shape index (κ3) is 4.73. The van der Waals surface area contributed by atoms with Crippen molar-refractivity contribution in [1.29, 1.82) is 5.26 Å². The van der Waals surface area contributed by atoms with Crippen molar-refractivity contribution in [3.05, 3.63) is 79.8 Å². The van der Waals surface area contributed by atoms with Gasteiger partial charge in [-0.3, -0.25) is 4.79 Å². The van der Waals surface area contributed by atoms with Crippen molar-refractivity contribution in [1.82, 2.24) is 0 Å². The fourth-order valence-electron chi connectivity index (χ4n) is 4.13. The van der Waals surface area contributed by atoms with Crippen LogP contribution in [0.1, 0.15) is 43.2 Å². The average molecular weight is 530 g/mol. The second-order valence-electron chi connectivity index (χ2n) is 7.72. The van der Waals surface area contributed by atoms with Crippen molar-refractivity contribution in [3.63, 3.8) is 0 Å². The molecule has 0 unspecified atom stereocenters. The third-order valence-corrected chi connectivity index (χ3v) is 6.37. The fraction of sp³-hybridized carbons (Fsp3) is 0.280. The molecule has 8 heteroatoms. The highest BCUT2D eigenvalue weighted by Crippen LogP contribution is 2.47. The van der Waals surface area contributed by atoms with Crippen LogP contribution in [-0.4, -0.2) is 12.4 Å². The Balaban J connectivity index is 1.76. The molecule has 0 fully saturated rings. The Morgan fingerprint density at radius 2 is 2.09 bits per heavy atom. The minimum absolute atomic E-state index is 0.0307. The zero-order chi connectivity index (χ0) is 23.5. The molecule has 1 aliphatic heterocycles. The molecular weight excluding hydrogens is 508 g/mol. The first kappa shape index (κ1) is 23.2. The Kier molecular flexibility index (Phi) is 6.96. The molecule has 1 atom stereocenters. The molecule has 4 rings (SSSR count). The number of carbonyl (C=O) groups excluding carboxylic acids is 1. The van der Waals surface area contributed by atoms with Crippen LogP contribution in [0.25, 0.3) is 0 Å². The Labute approximate surface area is 205 Å². The van der Waals surface area contributed by atoms with Gasteiger partial charge in [-0.05, 0) is 64.7 Å². The normalized spacial score (nSPS) is 17.9. The molecule has 2 aromatic rings. The molecule has 0 saturated heterocycles. The second kappa shape index (κ2) is 9.90. The predicted molar refractivity (Wildman–Crippen MR) is 128 cm³/mol. The van der Waals surface area contributed by atoms with Crippen LogP contribution in [0.4, 0.5) is 0 Å². The monoisotopic (exact) mass is 528 g/mol. The number of halogens is 2. The molecule has 2 aromatic carbocycles. The number of allylic oxidation sites excluding steroid dienone is 3. The first-order valence-electron chi connectivity index (χ1n) is 10.6. The minimum atomic E-state index is -0.621. The summed E-state index contributed by atoms with van der Waals surface area (Å²) >= 11 is 9.67. The number of carbonyl (C=O) groups is 1. The van der Waals surface area contributed by atoms with Gasteiger partial charge in [-0.25, -0.2) is 0 Å². The van der Waals surface area contributed by atoms with Crippen LogP contribution in [0, 0.1) is 11.3 Å². The highest BCUT2D eigenvalue weighted by Gasteiger charge is 2.38. The van der Waals surface area contributed by atoms with Crippen molar-refractivity contribution < 1.29 is 19.0 Å². The zero-order valence-corrected chi connectivity index (χ0v) is 20.3. The van der Waals surface area contributed by atoms with Crippen molar-refractivity contribution in [2.45, 2.75) is 38.7 Å². The van der Waals surface area contributed by atoms with Crippen molar-refractivity contribution >= 4 is 33.3 Å². The number of nitriles is 1. The Hall–Kier alpha value is -2.95. The van der Waals surface area contributed by atoms with Gasteiger partial charge < -0.3 is 19.9 Å². The van der Waals surface area contributed by atoms with E-state index < -0.39 is 5.92 Å². The first-order valence-corrected chi connectivity index (χ1v) is 11.8. The van der Waals surface area contributed by atoms with E-state index in [9.17, 15) is 10.1 Å². The molecule has 33 heavy (non-hydrogen) atoms. The number of Topliss-reactive ketones (excluding diaryl/α,β-unsaturated/α-hetero) is 1. The largest absolute Gasteiger partial charge is 0.490 e. The molecule has 2 N–H and O–H groups in total. The van der Waals surface area contributed by atoms with Crippen molar-refractivity contribution in [2.24, 2.45) is 5.73 Å². The van der Waals surface area contributed by atoms with Gasteiger partial charge in [0, 0.05) is 23.4 Å². The van der Waals surface area contributed by atoms with E-state index in [4.69, 9.17) is 31.5 Å². The molecule has 6 nitrogen and oxygen atoms in total. The fourth-order valence-corrected chi connectivity index (χ4v) is 4.92. The van der Waals surface area contributed by atoms with Gasteiger partial charge in [0.05, 0.1) is 17.0 Å². The number of ketones is 1. The van der Waals surface area contributed by atoms with Crippen molar-refractivity contribution in [3.8, 4) is 17.6 Å². The van der Waals surface area contributed by atoms with Crippen LogP contribution in [-0.2, 0) is 16.1 Å². The number of hydrogen-bond acceptors (Lipinski definition) is 6. The molecule has 0 bridgehead atoms. The zero-order valence-electron chi connectivity index (χ0n) is 18.0. The summed E-state index contributed by atoms with van der Waals surface area (Å²) in [6.07, 6.45) is 1.72. The molecule has 170 valence electrons. The van der Waals surface area contributed by atoms with Gasteiger partial charge >= 0.3 is 0 Å². The summed E-state index contributed by atoms with van der Waals surface area (Å²) in [6, 6.07) is 13.2. The molecule has 2 aliphatic rings. The van der Waals surface area contributed by atoms with Crippen molar-refractivity contribution in [2.75, 3.05) is 6.61 Å². The second-order valence-corrected chi connectivity index (χ2v) is 9.01. The van der Waals surface area contributed by atoms with E-state index in [1.807, 2.05) is 31.2 Å². The summed E-state index contributed by atoms with van der Waals surface area (Å²) in [5.74, 6) is 0.944. The summed E-state index contributed by atoms with van der Waals surface area (Å²) in [7, 11) is 0. The van der Waals surface area contributed by atoms with Crippen LogP contribution >= 0.6 is 27.5 Å². The lowest BCUT2D eigenvalue weighted by atomic mass is 9.77. The summed E-state index contributed by atoms with van der Waals surface area (Å²) in [4.78, 5) is 12.8. The van der Waals surface area contributed by atoms with E-state index in [0.29, 0.717) is 70.4 Å². The Morgan fingerprint density at radius 3 is 2.82 bits per heavy atom. The molecule has 0 spiro atoms. The van der Waals surface area contributed by atoms with Crippen LogP contribution < -0.4 is 15.2 Å².